The fourth-order valence-corrected chi connectivity index (χ4v) is 1.93. The van der Waals surface area contributed by atoms with E-state index in [1.54, 1.807) is 36.4 Å². The summed E-state index contributed by atoms with van der Waals surface area (Å²) in [5, 5.41) is 5.40. The third-order valence-electron chi connectivity index (χ3n) is 3.08. The Balaban J connectivity index is 1.78. The van der Waals surface area contributed by atoms with E-state index in [4.69, 9.17) is 16.3 Å². The van der Waals surface area contributed by atoms with Gasteiger partial charge >= 0.3 is 5.97 Å². The molecule has 0 unspecified atom stereocenters. The van der Waals surface area contributed by atoms with Gasteiger partial charge in [-0.3, -0.25) is 9.59 Å². The molecule has 0 spiro atoms. The van der Waals surface area contributed by atoms with Crippen LogP contribution in [0.15, 0.2) is 48.7 Å². The second-order valence-electron chi connectivity index (χ2n) is 5.08. The number of anilines is 1. The first-order chi connectivity index (χ1) is 12.0. The normalized spacial score (nSPS) is 11.3. The average Bonchev–Trinajstić information content (AvgIpc) is 2.62. The molecular weight excluding hydrogens is 346 g/mol. The SMILES string of the molecule is C[C@H](NC(=O)c1ccccc1)C(=O)OCC(=O)Nc1ccc(Cl)cn1. The van der Waals surface area contributed by atoms with E-state index in [0.29, 0.717) is 10.6 Å². The van der Waals surface area contributed by atoms with Crippen LogP contribution in [0.4, 0.5) is 5.82 Å². The smallest absolute Gasteiger partial charge is 0.328 e. The summed E-state index contributed by atoms with van der Waals surface area (Å²) in [7, 11) is 0. The summed E-state index contributed by atoms with van der Waals surface area (Å²) in [6.07, 6.45) is 1.38. The standard InChI is InChI=1S/C17H16ClN3O4/c1-11(20-16(23)12-5-3-2-4-6-12)17(24)25-10-15(22)21-14-8-7-13(18)9-19-14/h2-9,11H,10H2,1H3,(H,20,23)(H,19,21,22)/t11-/m0/s1. The number of carbonyl (C=O) groups excluding carboxylic acids is 3. The average molecular weight is 362 g/mol. The number of amides is 2. The second-order valence-corrected chi connectivity index (χ2v) is 5.52. The third kappa shape index (κ3) is 5.89. The lowest BCUT2D eigenvalue weighted by atomic mass is 10.2. The molecule has 2 amide bonds. The van der Waals surface area contributed by atoms with E-state index in [0.717, 1.165) is 0 Å². The van der Waals surface area contributed by atoms with Crippen LogP contribution < -0.4 is 10.6 Å². The summed E-state index contributed by atoms with van der Waals surface area (Å²) in [6, 6.07) is 10.7. The van der Waals surface area contributed by atoms with Gasteiger partial charge in [-0.25, -0.2) is 9.78 Å². The summed E-state index contributed by atoms with van der Waals surface area (Å²) >= 11 is 5.69. The molecule has 25 heavy (non-hydrogen) atoms. The zero-order valence-corrected chi connectivity index (χ0v) is 14.1. The number of benzene rings is 1. The third-order valence-corrected chi connectivity index (χ3v) is 3.30. The van der Waals surface area contributed by atoms with Gasteiger partial charge in [0.25, 0.3) is 11.8 Å². The van der Waals surface area contributed by atoms with Gasteiger partial charge in [-0.05, 0) is 31.2 Å². The molecule has 1 atom stereocenters. The molecule has 0 bridgehead atoms. The van der Waals surface area contributed by atoms with Crippen LogP contribution >= 0.6 is 11.6 Å². The Labute approximate surface area is 149 Å². The molecule has 0 radical (unpaired) electrons. The van der Waals surface area contributed by atoms with E-state index in [2.05, 4.69) is 15.6 Å². The first kappa shape index (κ1) is 18.4. The van der Waals surface area contributed by atoms with Gasteiger partial charge in [-0.2, -0.15) is 0 Å². The van der Waals surface area contributed by atoms with Crippen LogP contribution in [0, 0.1) is 0 Å². The molecule has 0 saturated heterocycles. The molecule has 1 aromatic heterocycles. The Hall–Kier alpha value is -2.93. The van der Waals surface area contributed by atoms with Crippen molar-refractivity contribution in [2.75, 3.05) is 11.9 Å². The lowest BCUT2D eigenvalue weighted by Crippen LogP contribution is -2.40. The van der Waals surface area contributed by atoms with E-state index in [9.17, 15) is 14.4 Å². The highest BCUT2D eigenvalue weighted by Gasteiger charge is 2.19. The van der Waals surface area contributed by atoms with Crippen LogP contribution in [-0.2, 0) is 14.3 Å². The summed E-state index contributed by atoms with van der Waals surface area (Å²) in [5.41, 5.74) is 0.425. The van der Waals surface area contributed by atoms with Gasteiger partial charge in [0.1, 0.15) is 11.9 Å². The van der Waals surface area contributed by atoms with Gasteiger partial charge in [0.05, 0.1) is 5.02 Å². The second kappa shape index (κ2) is 8.79. The number of rotatable bonds is 6. The van der Waals surface area contributed by atoms with E-state index in [1.807, 2.05) is 0 Å². The van der Waals surface area contributed by atoms with Crippen molar-refractivity contribution in [2.45, 2.75) is 13.0 Å². The molecule has 0 fully saturated rings. The van der Waals surface area contributed by atoms with Crippen LogP contribution in [0.5, 0.6) is 0 Å². The molecular formula is C17H16ClN3O4. The van der Waals surface area contributed by atoms with Gasteiger partial charge in [0.2, 0.25) is 0 Å². The Morgan fingerprint density at radius 1 is 1.16 bits per heavy atom. The monoisotopic (exact) mass is 361 g/mol. The van der Waals surface area contributed by atoms with Crippen LogP contribution in [0.3, 0.4) is 0 Å². The van der Waals surface area contributed by atoms with Crippen molar-refractivity contribution in [3.8, 4) is 0 Å². The van der Waals surface area contributed by atoms with Gasteiger partial charge in [-0.15, -0.1) is 0 Å². The highest BCUT2D eigenvalue weighted by Crippen LogP contribution is 2.09. The molecule has 0 aliphatic carbocycles. The zero-order valence-electron chi connectivity index (χ0n) is 13.4. The number of nitrogens with zero attached hydrogens (tertiary/aromatic N) is 1. The Kier molecular flexibility index (Phi) is 6.47. The minimum atomic E-state index is -0.894. The van der Waals surface area contributed by atoms with Crippen LogP contribution in [0.1, 0.15) is 17.3 Å². The fraction of sp³-hybridized carbons (Fsp3) is 0.176. The first-order valence-corrected chi connectivity index (χ1v) is 7.77. The maximum Gasteiger partial charge on any atom is 0.328 e. The molecule has 1 heterocycles. The number of aromatic nitrogens is 1. The Morgan fingerprint density at radius 3 is 2.52 bits per heavy atom. The van der Waals surface area contributed by atoms with Crippen molar-refractivity contribution in [3.63, 3.8) is 0 Å². The number of hydrogen-bond donors (Lipinski definition) is 2. The number of pyridine rings is 1. The fourth-order valence-electron chi connectivity index (χ4n) is 1.82. The van der Waals surface area contributed by atoms with Crippen molar-refractivity contribution in [2.24, 2.45) is 0 Å². The van der Waals surface area contributed by atoms with Gasteiger partial charge < -0.3 is 15.4 Å². The number of esters is 1. The highest BCUT2D eigenvalue weighted by atomic mass is 35.5. The minimum absolute atomic E-state index is 0.288. The van der Waals surface area contributed by atoms with Crippen molar-refractivity contribution < 1.29 is 19.1 Å². The topological polar surface area (TPSA) is 97.4 Å². The van der Waals surface area contributed by atoms with E-state index < -0.39 is 30.4 Å². The van der Waals surface area contributed by atoms with Crippen molar-refractivity contribution >= 4 is 35.2 Å². The molecule has 7 nitrogen and oxygen atoms in total. The molecule has 1 aromatic carbocycles. The van der Waals surface area contributed by atoms with E-state index in [-0.39, 0.29) is 5.82 Å². The summed E-state index contributed by atoms with van der Waals surface area (Å²) < 4.78 is 4.88. The highest BCUT2D eigenvalue weighted by molar-refractivity contribution is 6.30. The molecule has 2 N–H and O–H groups in total. The maximum absolute atomic E-state index is 11.9. The number of hydrogen-bond acceptors (Lipinski definition) is 5. The molecule has 0 saturated carbocycles. The number of carbonyl (C=O) groups is 3. The maximum atomic E-state index is 11.9. The Morgan fingerprint density at radius 2 is 1.88 bits per heavy atom. The molecule has 8 heteroatoms. The summed E-state index contributed by atoms with van der Waals surface area (Å²) in [6.45, 7) is 0.983. The quantitative estimate of drug-likeness (QED) is 0.767. The molecule has 2 rings (SSSR count). The molecule has 0 aliphatic rings. The van der Waals surface area contributed by atoms with Crippen LogP contribution in [-0.4, -0.2) is 35.4 Å². The lowest BCUT2D eigenvalue weighted by molar-refractivity contribution is -0.148. The number of nitrogens with one attached hydrogen (secondary N) is 2. The van der Waals surface area contributed by atoms with E-state index >= 15 is 0 Å². The molecule has 2 aromatic rings. The lowest BCUT2D eigenvalue weighted by Gasteiger charge is -2.13. The largest absolute Gasteiger partial charge is 0.454 e. The predicted octanol–water partition coefficient (Wildman–Crippen LogP) is 2.04. The van der Waals surface area contributed by atoms with Crippen molar-refractivity contribution in [1.29, 1.82) is 0 Å². The van der Waals surface area contributed by atoms with Crippen molar-refractivity contribution in [1.82, 2.24) is 10.3 Å². The van der Waals surface area contributed by atoms with Gasteiger partial charge in [0, 0.05) is 11.8 Å². The van der Waals surface area contributed by atoms with Crippen LogP contribution in [0.25, 0.3) is 0 Å². The van der Waals surface area contributed by atoms with Gasteiger partial charge in [-0.1, -0.05) is 29.8 Å². The van der Waals surface area contributed by atoms with Crippen LogP contribution in [0.2, 0.25) is 5.02 Å². The van der Waals surface area contributed by atoms with E-state index in [1.165, 1.54) is 19.2 Å². The molecule has 130 valence electrons. The molecule has 0 aliphatic heterocycles. The number of ether oxygens (including phenoxy) is 1. The Bertz CT molecular complexity index is 750. The summed E-state index contributed by atoms with van der Waals surface area (Å²) in [4.78, 5) is 39.4. The zero-order chi connectivity index (χ0) is 18.2. The minimum Gasteiger partial charge on any atom is -0.454 e. The summed E-state index contributed by atoms with van der Waals surface area (Å²) in [5.74, 6) is -1.39. The van der Waals surface area contributed by atoms with Gasteiger partial charge in [0.15, 0.2) is 6.61 Å². The first-order valence-electron chi connectivity index (χ1n) is 7.39. The predicted molar refractivity (Wildman–Crippen MR) is 92.2 cm³/mol. The van der Waals surface area contributed by atoms with Crippen molar-refractivity contribution in [3.05, 3.63) is 59.2 Å². The number of halogens is 1.